The second kappa shape index (κ2) is 10.5. The number of hydrogen-bond acceptors (Lipinski definition) is 6. The molecule has 5 rings (SSSR count). The molecular weight excluding hydrogens is 489 g/mol. The van der Waals surface area contributed by atoms with E-state index in [-0.39, 0.29) is 0 Å². The van der Waals surface area contributed by atoms with Crippen molar-refractivity contribution in [1.82, 2.24) is 14.9 Å². The van der Waals surface area contributed by atoms with Gasteiger partial charge in [0.15, 0.2) is 5.82 Å². The number of aromatic nitrogens is 2. The quantitative estimate of drug-likeness (QED) is 0.283. The van der Waals surface area contributed by atoms with Crippen LogP contribution in [0.25, 0.3) is 0 Å². The van der Waals surface area contributed by atoms with Crippen LogP contribution >= 0.6 is 18.7 Å². The van der Waals surface area contributed by atoms with Gasteiger partial charge >= 0.3 is 0 Å². The zero-order valence-electron chi connectivity index (χ0n) is 21.4. The highest BCUT2D eigenvalue weighted by atomic mass is 35.5. The summed E-state index contributed by atoms with van der Waals surface area (Å²) in [5.74, 6) is 0.952. The lowest BCUT2D eigenvalue weighted by molar-refractivity contribution is 0.222. The minimum absolute atomic E-state index is 0.407. The second-order valence-electron chi connectivity index (χ2n) is 10.4. The second-order valence-corrected chi connectivity index (χ2v) is 14.0. The predicted octanol–water partition coefficient (Wildman–Crippen LogP) is 6.52. The summed E-state index contributed by atoms with van der Waals surface area (Å²) in [6.45, 7) is 8.05. The number of nitrogens with zero attached hydrogens (tertiary/aromatic N) is 3. The summed E-state index contributed by atoms with van der Waals surface area (Å²) in [7, 11) is -2.51. The van der Waals surface area contributed by atoms with Crippen LogP contribution in [-0.4, -0.2) is 47.3 Å². The molecule has 0 saturated carbocycles. The fraction of sp³-hybridized carbons (Fsp3) is 0.429. The standard InChI is InChI=1S/C28H35ClN5OP/c1-19-7-6-8-25(26(19)36(2,3)35)32-27-24(29)18-30-28(33-27)31-22-12-9-20-10-13-23(14-11-21(20)17-22)34-15-4-5-16-34/h6-9,12,17-18,23H,4-5,10-11,13-16H2,1-3H3,(H2,30,31,32,33). The fourth-order valence-corrected chi connectivity index (χ4v) is 7.46. The van der Waals surface area contributed by atoms with Gasteiger partial charge in [0.05, 0.1) is 11.9 Å². The number of rotatable bonds is 6. The molecule has 2 aromatic carbocycles. The zero-order valence-corrected chi connectivity index (χ0v) is 23.0. The molecule has 1 saturated heterocycles. The monoisotopic (exact) mass is 523 g/mol. The van der Waals surface area contributed by atoms with Crippen molar-refractivity contribution < 1.29 is 4.57 Å². The molecule has 6 nitrogen and oxygen atoms in total. The van der Waals surface area contributed by atoms with Gasteiger partial charge in [-0.25, -0.2) is 4.98 Å². The van der Waals surface area contributed by atoms with Crippen molar-refractivity contribution in [3.8, 4) is 0 Å². The third-order valence-corrected chi connectivity index (χ3v) is 9.33. The minimum atomic E-state index is -2.51. The first-order valence-corrected chi connectivity index (χ1v) is 15.8. The molecule has 0 bridgehead atoms. The number of anilines is 4. The Morgan fingerprint density at radius 3 is 2.53 bits per heavy atom. The molecule has 2 heterocycles. The lowest BCUT2D eigenvalue weighted by atomic mass is 10.0. The van der Waals surface area contributed by atoms with Crippen LogP contribution in [0.3, 0.4) is 0 Å². The first-order valence-electron chi connectivity index (χ1n) is 12.9. The number of aryl methyl sites for hydroxylation is 3. The number of fused-ring (bicyclic) bond motifs is 1. The molecule has 3 aromatic rings. The first-order chi connectivity index (χ1) is 17.3. The van der Waals surface area contributed by atoms with Gasteiger partial charge in [-0.05, 0) is 107 Å². The summed E-state index contributed by atoms with van der Waals surface area (Å²) in [6, 6.07) is 13.1. The normalized spacial score (nSPS) is 18.5. The SMILES string of the molecule is Cc1cccc(Nc2nc(Nc3ccc4c(c3)CCC(N3CCCC3)CC4)ncc2Cl)c1P(C)(C)=O. The van der Waals surface area contributed by atoms with E-state index in [2.05, 4.69) is 43.7 Å². The van der Waals surface area contributed by atoms with Crippen molar-refractivity contribution in [3.05, 3.63) is 64.3 Å². The summed E-state index contributed by atoms with van der Waals surface area (Å²) >= 11 is 6.45. The van der Waals surface area contributed by atoms with E-state index in [4.69, 9.17) is 11.6 Å². The van der Waals surface area contributed by atoms with Crippen molar-refractivity contribution >= 4 is 47.2 Å². The van der Waals surface area contributed by atoms with Gasteiger partial charge in [-0.1, -0.05) is 29.8 Å². The summed E-state index contributed by atoms with van der Waals surface area (Å²) in [4.78, 5) is 11.7. The van der Waals surface area contributed by atoms with Gasteiger partial charge < -0.3 is 20.1 Å². The summed E-state index contributed by atoms with van der Waals surface area (Å²) < 4.78 is 13.0. The molecule has 1 aliphatic carbocycles. The highest BCUT2D eigenvalue weighted by molar-refractivity contribution is 7.70. The lowest BCUT2D eigenvalue weighted by Crippen LogP contribution is -2.32. The van der Waals surface area contributed by atoms with Gasteiger partial charge in [0.25, 0.3) is 0 Å². The van der Waals surface area contributed by atoms with Gasteiger partial charge in [-0.15, -0.1) is 0 Å². The number of benzene rings is 2. The predicted molar refractivity (Wildman–Crippen MR) is 152 cm³/mol. The summed E-state index contributed by atoms with van der Waals surface area (Å²) in [5, 5.41) is 7.89. The van der Waals surface area contributed by atoms with Crippen LogP contribution in [0.2, 0.25) is 5.02 Å². The molecule has 2 N–H and O–H groups in total. The van der Waals surface area contributed by atoms with Gasteiger partial charge in [0, 0.05) is 17.0 Å². The highest BCUT2D eigenvalue weighted by Gasteiger charge is 2.24. The Balaban J connectivity index is 1.34. The molecule has 0 spiro atoms. The van der Waals surface area contributed by atoms with E-state index in [9.17, 15) is 4.57 Å². The Bertz CT molecular complexity index is 1300. The Morgan fingerprint density at radius 2 is 1.78 bits per heavy atom. The van der Waals surface area contributed by atoms with E-state index in [1.165, 1.54) is 49.9 Å². The Labute approximate surface area is 219 Å². The van der Waals surface area contributed by atoms with E-state index in [1.807, 2.05) is 25.1 Å². The van der Waals surface area contributed by atoms with Gasteiger partial charge in [-0.3, -0.25) is 0 Å². The minimum Gasteiger partial charge on any atom is -0.338 e. The highest BCUT2D eigenvalue weighted by Crippen LogP contribution is 2.40. The molecule has 0 amide bonds. The molecule has 1 aromatic heterocycles. The van der Waals surface area contributed by atoms with Crippen LogP contribution in [-0.2, 0) is 17.4 Å². The largest absolute Gasteiger partial charge is 0.338 e. The van der Waals surface area contributed by atoms with Crippen LogP contribution in [0.4, 0.5) is 23.1 Å². The van der Waals surface area contributed by atoms with Crippen molar-refractivity contribution in [2.75, 3.05) is 37.1 Å². The smallest absolute Gasteiger partial charge is 0.229 e. The van der Waals surface area contributed by atoms with E-state index in [1.54, 1.807) is 19.5 Å². The van der Waals surface area contributed by atoms with Crippen molar-refractivity contribution in [3.63, 3.8) is 0 Å². The molecule has 36 heavy (non-hydrogen) atoms. The van der Waals surface area contributed by atoms with E-state index < -0.39 is 7.14 Å². The van der Waals surface area contributed by atoms with Gasteiger partial charge in [0.1, 0.15) is 12.2 Å². The summed E-state index contributed by atoms with van der Waals surface area (Å²) in [6.07, 6.45) is 8.99. The molecule has 1 unspecified atom stereocenters. The van der Waals surface area contributed by atoms with Crippen LogP contribution in [0.15, 0.2) is 42.6 Å². The topological polar surface area (TPSA) is 70.2 Å². The summed E-state index contributed by atoms with van der Waals surface area (Å²) in [5.41, 5.74) is 5.59. The Hall–Kier alpha value is -2.40. The zero-order chi connectivity index (χ0) is 25.3. The van der Waals surface area contributed by atoms with Crippen molar-refractivity contribution in [2.24, 2.45) is 0 Å². The number of hydrogen-bond donors (Lipinski definition) is 2. The van der Waals surface area contributed by atoms with Crippen LogP contribution < -0.4 is 15.9 Å². The Morgan fingerprint density at radius 1 is 1.03 bits per heavy atom. The third kappa shape index (κ3) is 5.61. The van der Waals surface area contributed by atoms with Crippen molar-refractivity contribution in [1.29, 1.82) is 0 Å². The van der Waals surface area contributed by atoms with E-state index in [0.717, 1.165) is 35.1 Å². The number of nitrogens with one attached hydrogen (secondary N) is 2. The number of halogens is 1. The third-order valence-electron chi connectivity index (χ3n) is 7.39. The van der Waals surface area contributed by atoms with E-state index >= 15 is 0 Å². The molecule has 190 valence electrons. The molecular formula is C28H35ClN5OP. The lowest BCUT2D eigenvalue weighted by Gasteiger charge is -2.25. The average molecular weight is 524 g/mol. The Kier molecular flexibility index (Phi) is 7.39. The molecule has 0 radical (unpaired) electrons. The fourth-order valence-electron chi connectivity index (χ4n) is 5.69. The van der Waals surface area contributed by atoms with Crippen LogP contribution in [0.1, 0.15) is 42.4 Å². The molecule has 1 aliphatic heterocycles. The maximum Gasteiger partial charge on any atom is 0.229 e. The molecule has 2 aliphatic rings. The van der Waals surface area contributed by atoms with Gasteiger partial charge in [-0.2, -0.15) is 4.98 Å². The maximum atomic E-state index is 13.0. The van der Waals surface area contributed by atoms with E-state index in [0.29, 0.717) is 22.8 Å². The average Bonchev–Trinajstić information content (AvgIpc) is 3.28. The maximum absolute atomic E-state index is 13.0. The molecule has 1 atom stereocenters. The van der Waals surface area contributed by atoms with Crippen LogP contribution in [0, 0.1) is 6.92 Å². The van der Waals surface area contributed by atoms with Crippen LogP contribution in [0.5, 0.6) is 0 Å². The molecule has 1 fully saturated rings. The molecule has 8 heteroatoms. The van der Waals surface area contributed by atoms with Gasteiger partial charge in [0.2, 0.25) is 5.95 Å². The van der Waals surface area contributed by atoms with Crippen molar-refractivity contribution in [2.45, 2.75) is 51.5 Å². The first kappa shape index (κ1) is 25.3. The number of likely N-dealkylation sites (tertiary alicyclic amines) is 1.